The van der Waals surface area contributed by atoms with Crippen molar-refractivity contribution in [2.75, 3.05) is 122 Å². The Balaban J connectivity index is 1.79. The number of anilines is 1. The van der Waals surface area contributed by atoms with Crippen LogP contribution < -0.4 is 41.9 Å². The van der Waals surface area contributed by atoms with E-state index < -0.39 is 59.2 Å². The van der Waals surface area contributed by atoms with Crippen molar-refractivity contribution >= 4 is 68.8 Å². The van der Waals surface area contributed by atoms with E-state index in [-0.39, 0.29) is 70.6 Å². The van der Waals surface area contributed by atoms with E-state index in [1.165, 1.54) is 0 Å². The van der Waals surface area contributed by atoms with Gasteiger partial charge >= 0.3 is 0 Å². The number of amides is 4. The van der Waals surface area contributed by atoms with Crippen molar-refractivity contribution in [3.63, 3.8) is 0 Å². The lowest BCUT2D eigenvalue weighted by atomic mass is 9.71. The average Bonchev–Trinajstić information content (AvgIpc) is 3.25. The van der Waals surface area contributed by atoms with Crippen LogP contribution in [0.25, 0.3) is 0 Å². The summed E-state index contributed by atoms with van der Waals surface area (Å²) in [4.78, 5) is 92.9. The second-order valence-corrected chi connectivity index (χ2v) is 20.2. The van der Waals surface area contributed by atoms with E-state index in [9.17, 15) is 54.0 Å². The molecule has 0 radical (unpaired) electrons. The SMILES string of the molecule is CCN1CCN(CC(=O)[O-])CCN(CC(=O)[O-])CC(Cc2ccc(NCCSSCCNC(=O)CNC(=O)CNC(=O)C(C)(C)CC(C)(CC)C(=O)NCC(C)O)cc2)N(CC(=O)[O-])CC1. The average molecular weight is 967 g/mol. The maximum atomic E-state index is 13.0. The standard InChI is InChI=1S/C44H75N9O11S2/c1-7-44(6,42(64)48-24-32(3)54)31-43(4,5)41(63)49-26-37(56)47-25-36(55)46-14-22-66-65-21-13-45-34-11-9-33(10-12-34)23-35-27-52(29-39(59)60)18-17-51(28-38(57)58)16-15-50(8-2)19-20-53(35)30-40(61)62/h9-12,32,35,45,54H,7-8,13-31H2,1-6H3,(H,46,55)(H,47,56)(H,48,64)(H,49,63)(H,57,58)(H,59,60)(H,61,62)/p-3. The molecule has 0 saturated carbocycles. The Hall–Kier alpha value is -4.19. The predicted molar refractivity (Wildman–Crippen MR) is 249 cm³/mol. The first-order chi connectivity index (χ1) is 31.2. The fourth-order valence-corrected chi connectivity index (χ4v) is 9.31. The third kappa shape index (κ3) is 23.5. The van der Waals surface area contributed by atoms with E-state index in [0.29, 0.717) is 64.4 Å². The Morgan fingerprint density at radius 2 is 1.26 bits per heavy atom. The Morgan fingerprint density at radius 3 is 1.85 bits per heavy atom. The summed E-state index contributed by atoms with van der Waals surface area (Å²) >= 11 is 0. The van der Waals surface area contributed by atoms with Crippen LogP contribution in [0.15, 0.2) is 24.3 Å². The van der Waals surface area contributed by atoms with Crippen molar-refractivity contribution in [3.05, 3.63) is 29.8 Å². The molecule has 1 aromatic carbocycles. The highest BCUT2D eigenvalue weighted by atomic mass is 33.1. The van der Waals surface area contributed by atoms with Crippen LogP contribution in [-0.4, -0.2) is 195 Å². The number of nitrogens with one attached hydrogen (secondary N) is 5. The third-order valence-electron chi connectivity index (χ3n) is 11.4. The van der Waals surface area contributed by atoms with Gasteiger partial charge in [-0.15, -0.1) is 0 Å². The highest BCUT2D eigenvalue weighted by molar-refractivity contribution is 8.76. The first-order valence-electron chi connectivity index (χ1n) is 22.5. The van der Waals surface area contributed by atoms with Gasteiger partial charge in [-0.2, -0.15) is 0 Å². The summed E-state index contributed by atoms with van der Waals surface area (Å²) in [5.74, 6) is -3.93. The number of carbonyl (C=O) groups excluding carboxylic acids is 7. The number of rotatable bonds is 28. The number of nitrogens with zero attached hydrogens (tertiary/aromatic N) is 4. The molecule has 22 heteroatoms. The van der Waals surface area contributed by atoms with Crippen LogP contribution in [0.4, 0.5) is 5.69 Å². The second kappa shape index (κ2) is 30.2. The molecule has 1 aliphatic heterocycles. The first kappa shape index (κ1) is 57.9. The topological polar surface area (TPSA) is 282 Å². The molecule has 0 bridgehead atoms. The molecular weight excluding hydrogens is 895 g/mol. The molecule has 3 unspecified atom stereocenters. The zero-order chi connectivity index (χ0) is 49.3. The summed E-state index contributed by atoms with van der Waals surface area (Å²) in [5.41, 5.74) is -0.0396. The van der Waals surface area contributed by atoms with Gasteiger partial charge in [0.05, 0.1) is 37.1 Å². The largest absolute Gasteiger partial charge is 0.549 e. The van der Waals surface area contributed by atoms with E-state index in [1.807, 2.05) is 43.0 Å². The Bertz CT molecular complexity index is 1710. The second-order valence-electron chi connectivity index (χ2n) is 17.5. The molecule has 20 nitrogen and oxygen atoms in total. The van der Waals surface area contributed by atoms with Crippen molar-refractivity contribution in [3.8, 4) is 0 Å². The minimum atomic E-state index is -1.29. The van der Waals surface area contributed by atoms with Gasteiger partial charge in [-0.3, -0.25) is 33.9 Å². The van der Waals surface area contributed by atoms with Gasteiger partial charge < -0.3 is 66.3 Å². The number of aliphatic hydroxyl groups excluding tert-OH is 1. The summed E-state index contributed by atoms with van der Waals surface area (Å²) in [6.07, 6.45) is 0.412. The van der Waals surface area contributed by atoms with Gasteiger partial charge in [0.1, 0.15) is 0 Å². The van der Waals surface area contributed by atoms with Crippen molar-refractivity contribution in [1.82, 2.24) is 40.9 Å². The zero-order valence-corrected chi connectivity index (χ0v) is 41.1. The highest BCUT2D eigenvalue weighted by Gasteiger charge is 2.41. The van der Waals surface area contributed by atoms with Gasteiger partial charge in [0, 0.05) is 119 Å². The number of likely N-dealkylation sites (N-methyl/N-ethyl adjacent to an activating group) is 1. The lowest BCUT2D eigenvalue weighted by Crippen LogP contribution is -2.55. The van der Waals surface area contributed by atoms with Crippen LogP contribution in [0.2, 0.25) is 0 Å². The van der Waals surface area contributed by atoms with Gasteiger partial charge in [0.25, 0.3) is 0 Å². The molecule has 374 valence electrons. The lowest BCUT2D eigenvalue weighted by Gasteiger charge is -2.39. The smallest absolute Gasteiger partial charge is 0.239 e. The summed E-state index contributed by atoms with van der Waals surface area (Å²) in [7, 11) is 3.21. The predicted octanol–water partition coefficient (Wildman–Crippen LogP) is -3.44. The Kier molecular flexibility index (Phi) is 26.5. The molecule has 3 atom stereocenters. The van der Waals surface area contributed by atoms with Crippen molar-refractivity contribution in [2.24, 2.45) is 10.8 Å². The molecule has 2 rings (SSSR count). The van der Waals surface area contributed by atoms with E-state index in [2.05, 4.69) is 31.5 Å². The molecule has 1 heterocycles. The number of aliphatic hydroxyl groups is 1. The fourth-order valence-electron chi connectivity index (χ4n) is 7.49. The van der Waals surface area contributed by atoms with Crippen LogP contribution in [0.5, 0.6) is 0 Å². The van der Waals surface area contributed by atoms with Gasteiger partial charge in [0.2, 0.25) is 23.6 Å². The number of carboxylic acid groups (broad SMARTS) is 3. The van der Waals surface area contributed by atoms with E-state index in [0.717, 1.165) is 17.0 Å². The summed E-state index contributed by atoms with van der Waals surface area (Å²) in [6.45, 7) is 13.4. The van der Waals surface area contributed by atoms with Gasteiger partial charge in [-0.1, -0.05) is 68.3 Å². The number of aliphatic carboxylic acids is 3. The molecule has 6 N–H and O–H groups in total. The Labute approximate surface area is 397 Å². The van der Waals surface area contributed by atoms with Crippen LogP contribution >= 0.6 is 21.6 Å². The fraction of sp³-hybridized carbons (Fsp3) is 0.705. The molecule has 1 aromatic rings. The van der Waals surface area contributed by atoms with E-state index >= 15 is 0 Å². The quantitative estimate of drug-likeness (QED) is 0.0352. The van der Waals surface area contributed by atoms with Crippen LogP contribution in [-0.2, 0) is 40.0 Å². The van der Waals surface area contributed by atoms with Crippen molar-refractivity contribution in [2.45, 2.75) is 73.0 Å². The lowest BCUT2D eigenvalue weighted by molar-refractivity contribution is -0.309. The van der Waals surface area contributed by atoms with Gasteiger partial charge in [-0.05, 0) is 50.4 Å². The number of benzene rings is 1. The molecule has 0 aliphatic carbocycles. The van der Waals surface area contributed by atoms with Crippen LogP contribution in [0.1, 0.15) is 59.9 Å². The van der Waals surface area contributed by atoms with Gasteiger partial charge in [-0.25, -0.2) is 0 Å². The molecular formula is C44H72N9O11S2-3. The third-order valence-corrected chi connectivity index (χ3v) is 13.8. The summed E-state index contributed by atoms with van der Waals surface area (Å²) in [5, 5.41) is 58.6. The highest BCUT2D eigenvalue weighted by Crippen LogP contribution is 2.37. The molecule has 1 saturated heterocycles. The molecule has 0 spiro atoms. The number of carboxylic acids is 3. The molecule has 66 heavy (non-hydrogen) atoms. The van der Waals surface area contributed by atoms with Crippen LogP contribution in [0, 0.1) is 10.8 Å². The summed E-state index contributed by atoms with van der Waals surface area (Å²) < 4.78 is 0. The van der Waals surface area contributed by atoms with Crippen molar-refractivity contribution in [1.29, 1.82) is 0 Å². The van der Waals surface area contributed by atoms with Gasteiger partial charge in [0.15, 0.2) is 0 Å². The number of carbonyl (C=O) groups is 7. The Morgan fingerprint density at radius 1 is 0.712 bits per heavy atom. The zero-order valence-electron chi connectivity index (χ0n) is 39.4. The summed E-state index contributed by atoms with van der Waals surface area (Å²) in [6, 6.07) is 7.34. The van der Waals surface area contributed by atoms with E-state index in [1.54, 1.807) is 59.1 Å². The first-order valence-corrected chi connectivity index (χ1v) is 25.0. The minimum Gasteiger partial charge on any atom is -0.549 e. The molecule has 1 fully saturated rings. The molecule has 0 aromatic heterocycles. The van der Waals surface area contributed by atoms with Crippen LogP contribution in [0.3, 0.4) is 0 Å². The number of hydrogen-bond donors (Lipinski definition) is 6. The minimum absolute atomic E-state index is 0.105. The van der Waals surface area contributed by atoms with Crippen molar-refractivity contribution < 1.29 is 54.0 Å². The maximum Gasteiger partial charge on any atom is 0.239 e. The monoisotopic (exact) mass is 966 g/mol. The molecule has 1 aliphatic rings. The maximum absolute atomic E-state index is 13.0. The van der Waals surface area contributed by atoms with E-state index in [4.69, 9.17) is 0 Å². The number of hydrogen-bond acceptors (Lipinski definition) is 18. The normalized spacial score (nSPS) is 17.5. The molecule has 4 amide bonds.